The second-order valence-electron chi connectivity index (χ2n) is 5.88. The lowest BCUT2D eigenvalue weighted by Crippen LogP contribution is -2.28. The fourth-order valence-corrected chi connectivity index (χ4v) is 3.54. The molecule has 0 spiro atoms. The summed E-state index contributed by atoms with van der Waals surface area (Å²) in [6, 6.07) is 10.6. The summed E-state index contributed by atoms with van der Waals surface area (Å²) >= 11 is 1.30. The Balaban J connectivity index is 1.71. The van der Waals surface area contributed by atoms with Crippen LogP contribution in [0, 0.1) is 0 Å². The van der Waals surface area contributed by atoms with Gasteiger partial charge in [-0.05, 0) is 23.8 Å². The van der Waals surface area contributed by atoms with Crippen molar-refractivity contribution in [2.24, 2.45) is 0 Å². The van der Waals surface area contributed by atoms with Crippen LogP contribution in [0.3, 0.4) is 0 Å². The van der Waals surface area contributed by atoms with Crippen LogP contribution in [-0.4, -0.2) is 31.1 Å². The average molecular weight is 400 g/mol. The number of ether oxygens (including phenoxy) is 2. The van der Waals surface area contributed by atoms with E-state index in [9.17, 15) is 9.59 Å². The Kier molecular flexibility index (Phi) is 5.95. The predicted octanol–water partition coefficient (Wildman–Crippen LogP) is 3.59. The maximum Gasteiger partial charge on any atom is 0.319 e. The number of methoxy groups -OCH3 is 2. The Morgan fingerprint density at radius 1 is 1.11 bits per heavy atom. The van der Waals surface area contributed by atoms with Gasteiger partial charge in [0.15, 0.2) is 5.13 Å². The van der Waals surface area contributed by atoms with Crippen molar-refractivity contribution in [3.8, 4) is 11.5 Å². The number of amides is 3. The van der Waals surface area contributed by atoms with Gasteiger partial charge in [-0.25, -0.2) is 9.78 Å². The molecule has 3 amide bonds. The summed E-state index contributed by atoms with van der Waals surface area (Å²) in [7, 11) is 3.12. The van der Waals surface area contributed by atoms with Crippen LogP contribution in [0.5, 0.6) is 11.5 Å². The van der Waals surface area contributed by atoms with Gasteiger partial charge in [-0.1, -0.05) is 23.5 Å². The first-order chi connectivity index (χ1) is 13.5. The molecule has 0 aliphatic rings. The molecule has 0 unspecified atom stereocenters. The van der Waals surface area contributed by atoms with Crippen molar-refractivity contribution in [3.05, 3.63) is 42.0 Å². The second kappa shape index (κ2) is 8.57. The molecule has 146 valence electrons. The van der Waals surface area contributed by atoms with Crippen molar-refractivity contribution in [2.75, 3.05) is 24.9 Å². The van der Waals surface area contributed by atoms with Crippen LogP contribution in [0.4, 0.5) is 15.6 Å². The molecule has 3 aromatic rings. The Morgan fingerprint density at radius 3 is 2.64 bits per heavy atom. The molecule has 8 nitrogen and oxygen atoms in total. The second-order valence-corrected chi connectivity index (χ2v) is 6.92. The molecule has 1 heterocycles. The normalized spacial score (nSPS) is 10.4. The SMILES string of the molecule is COc1cccc(CNC(=O)Nc2cc(OC)c3nc(NC(C)=O)sc3c2)c1. The van der Waals surface area contributed by atoms with Crippen LogP contribution in [-0.2, 0) is 11.3 Å². The molecule has 0 fully saturated rings. The molecule has 0 radical (unpaired) electrons. The average Bonchev–Trinajstić information content (AvgIpc) is 3.07. The minimum atomic E-state index is -0.351. The van der Waals surface area contributed by atoms with E-state index in [-0.39, 0.29) is 11.9 Å². The van der Waals surface area contributed by atoms with Gasteiger partial charge in [0.2, 0.25) is 5.91 Å². The number of carbonyl (C=O) groups is 2. The molecule has 0 atom stereocenters. The molecular formula is C19H20N4O4S. The molecule has 28 heavy (non-hydrogen) atoms. The molecule has 0 saturated heterocycles. The zero-order chi connectivity index (χ0) is 20.1. The fourth-order valence-electron chi connectivity index (χ4n) is 2.57. The molecule has 1 aromatic heterocycles. The third kappa shape index (κ3) is 4.68. The number of nitrogens with one attached hydrogen (secondary N) is 3. The molecule has 0 aliphatic heterocycles. The zero-order valence-electron chi connectivity index (χ0n) is 15.7. The predicted molar refractivity (Wildman–Crippen MR) is 109 cm³/mol. The van der Waals surface area contributed by atoms with Crippen LogP contribution in [0.15, 0.2) is 36.4 Å². The summed E-state index contributed by atoms with van der Waals surface area (Å²) in [5.41, 5.74) is 2.11. The lowest BCUT2D eigenvalue weighted by molar-refractivity contribution is -0.114. The first-order valence-electron chi connectivity index (χ1n) is 8.42. The number of rotatable bonds is 6. The van der Waals surface area contributed by atoms with Crippen molar-refractivity contribution in [1.29, 1.82) is 0 Å². The van der Waals surface area contributed by atoms with E-state index in [0.29, 0.717) is 28.6 Å². The van der Waals surface area contributed by atoms with Gasteiger partial charge >= 0.3 is 6.03 Å². The summed E-state index contributed by atoms with van der Waals surface area (Å²) in [5, 5.41) is 8.72. The number of anilines is 2. The molecule has 3 N–H and O–H groups in total. The summed E-state index contributed by atoms with van der Waals surface area (Å²) in [6.45, 7) is 1.78. The topological polar surface area (TPSA) is 102 Å². The van der Waals surface area contributed by atoms with E-state index < -0.39 is 0 Å². The van der Waals surface area contributed by atoms with E-state index >= 15 is 0 Å². The van der Waals surface area contributed by atoms with E-state index in [4.69, 9.17) is 9.47 Å². The minimum absolute atomic E-state index is 0.201. The maximum atomic E-state index is 12.3. The third-order valence-corrected chi connectivity index (χ3v) is 4.73. The smallest absolute Gasteiger partial charge is 0.319 e. The molecule has 0 aliphatic carbocycles. The Labute approximate surface area is 165 Å². The van der Waals surface area contributed by atoms with E-state index in [1.807, 2.05) is 24.3 Å². The standard InChI is InChI=1S/C19H20N4O4S/c1-11(24)21-19-23-17-15(27-3)8-13(9-16(17)28-19)22-18(25)20-10-12-5-4-6-14(7-12)26-2/h4-9H,10H2,1-3H3,(H2,20,22,25)(H,21,23,24). The highest BCUT2D eigenvalue weighted by molar-refractivity contribution is 7.22. The number of nitrogens with zero attached hydrogens (tertiary/aromatic N) is 1. The maximum absolute atomic E-state index is 12.3. The highest BCUT2D eigenvalue weighted by Crippen LogP contribution is 2.35. The summed E-state index contributed by atoms with van der Waals surface area (Å²) < 4.78 is 11.3. The Morgan fingerprint density at radius 2 is 1.93 bits per heavy atom. The number of benzene rings is 2. The fraction of sp³-hybridized carbons (Fsp3) is 0.211. The third-order valence-electron chi connectivity index (χ3n) is 3.81. The number of thiazole rings is 1. The largest absolute Gasteiger partial charge is 0.497 e. The van der Waals surface area contributed by atoms with Gasteiger partial charge in [-0.3, -0.25) is 4.79 Å². The number of hydrogen-bond acceptors (Lipinski definition) is 6. The highest BCUT2D eigenvalue weighted by atomic mass is 32.1. The summed E-state index contributed by atoms with van der Waals surface area (Å²) in [6.07, 6.45) is 0. The van der Waals surface area contributed by atoms with Gasteiger partial charge in [-0.15, -0.1) is 0 Å². The van der Waals surface area contributed by atoms with E-state index in [1.54, 1.807) is 19.2 Å². The van der Waals surface area contributed by atoms with Gasteiger partial charge in [-0.2, -0.15) is 0 Å². The van der Waals surface area contributed by atoms with Crippen LogP contribution < -0.4 is 25.4 Å². The van der Waals surface area contributed by atoms with E-state index in [1.165, 1.54) is 25.4 Å². The first-order valence-corrected chi connectivity index (χ1v) is 9.24. The Hall–Kier alpha value is -3.33. The van der Waals surface area contributed by atoms with Crippen LogP contribution >= 0.6 is 11.3 Å². The molecule has 2 aromatic carbocycles. The van der Waals surface area contributed by atoms with Crippen molar-refractivity contribution in [2.45, 2.75) is 13.5 Å². The molecular weight excluding hydrogens is 380 g/mol. The lowest BCUT2D eigenvalue weighted by atomic mass is 10.2. The Bertz CT molecular complexity index is 1020. The highest BCUT2D eigenvalue weighted by Gasteiger charge is 2.13. The molecule has 3 rings (SSSR count). The van der Waals surface area contributed by atoms with Gasteiger partial charge < -0.3 is 25.4 Å². The van der Waals surface area contributed by atoms with E-state index in [0.717, 1.165) is 16.0 Å². The van der Waals surface area contributed by atoms with Crippen molar-refractivity contribution in [3.63, 3.8) is 0 Å². The number of fused-ring (bicyclic) bond motifs is 1. The minimum Gasteiger partial charge on any atom is -0.497 e. The first kappa shape index (κ1) is 19.4. The van der Waals surface area contributed by atoms with Crippen molar-refractivity contribution in [1.82, 2.24) is 10.3 Å². The molecule has 0 saturated carbocycles. The van der Waals surface area contributed by atoms with Crippen molar-refractivity contribution >= 4 is 44.3 Å². The monoisotopic (exact) mass is 400 g/mol. The van der Waals surface area contributed by atoms with Gasteiger partial charge in [0.1, 0.15) is 17.0 Å². The quantitative estimate of drug-likeness (QED) is 0.587. The van der Waals surface area contributed by atoms with E-state index in [2.05, 4.69) is 20.9 Å². The van der Waals surface area contributed by atoms with Gasteiger partial charge in [0.25, 0.3) is 0 Å². The number of hydrogen-bond donors (Lipinski definition) is 3. The van der Waals surface area contributed by atoms with Crippen molar-refractivity contribution < 1.29 is 19.1 Å². The zero-order valence-corrected chi connectivity index (χ0v) is 16.5. The summed E-state index contributed by atoms with van der Waals surface area (Å²) in [4.78, 5) is 27.9. The van der Waals surface area contributed by atoms with Gasteiger partial charge in [0, 0.05) is 25.2 Å². The number of aromatic nitrogens is 1. The molecule has 0 bridgehead atoms. The number of carbonyl (C=O) groups excluding carboxylic acids is 2. The summed E-state index contributed by atoms with van der Waals surface area (Å²) in [5.74, 6) is 1.04. The van der Waals surface area contributed by atoms with Crippen LogP contribution in [0.25, 0.3) is 10.2 Å². The molecule has 9 heteroatoms. The lowest BCUT2D eigenvalue weighted by Gasteiger charge is -2.10. The van der Waals surface area contributed by atoms with Gasteiger partial charge in [0.05, 0.1) is 18.9 Å². The number of urea groups is 1. The van der Waals surface area contributed by atoms with Crippen LogP contribution in [0.1, 0.15) is 12.5 Å². The van der Waals surface area contributed by atoms with Crippen LogP contribution in [0.2, 0.25) is 0 Å².